The van der Waals surface area contributed by atoms with Gasteiger partial charge in [0.25, 0.3) is 5.92 Å². The van der Waals surface area contributed by atoms with E-state index in [1.54, 1.807) is 0 Å². The van der Waals surface area contributed by atoms with E-state index in [9.17, 15) is 18.4 Å². The number of esters is 1. The van der Waals surface area contributed by atoms with Crippen molar-refractivity contribution in [2.75, 3.05) is 33.0 Å². The molecular formula is C20H26F2O7. The van der Waals surface area contributed by atoms with Crippen LogP contribution in [0.25, 0.3) is 0 Å². The van der Waals surface area contributed by atoms with Crippen LogP contribution in [0.4, 0.5) is 13.6 Å². The zero-order chi connectivity index (χ0) is 20.5. The number of hydrogen-bond acceptors (Lipinski definition) is 7. The summed E-state index contributed by atoms with van der Waals surface area (Å²) in [6, 6.07) is 0. The van der Waals surface area contributed by atoms with E-state index in [1.165, 1.54) is 0 Å². The Morgan fingerprint density at radius 1 is 1.07 bits per heavy atom. The Hall–Kier alpha value is -1.48. The third kappa shape index (κ3) is 3.12. The molecule has 7 nitrogen and oxygen atoms in total. The van der Waals surface area contributed by atoms with Gasteiger partial charge in [0.15, 0.2) is 12.4 Å². The van der Waals surface area contributed by atoms with E-state index in [0.29, 0.717) is 38.4 Å². The molecule has 4 saturated carbocycles. The highest BCUT2D eigenvalue weighted by Crippen LogP contribution is 2.66. The van der Waals surface area contributed by atoms with Gasteiger partial charge >= 0.3 is 12.1 Å². The van der Waals surface area contributed by atoms with E-state index in [0.717, 1.165) is 19.8 Å². The normalized spacial score (nSPS) is 39.3. The summed E-state index contributed by atoms with van der Waals surface area (Å²) in [6.07, 6.45) is 2.88. The predicted octanol–water partition coefficient (Wildman–Crippen LogP) is 2.91. The number of rotatable bonds is 3. The smallest absolute Gasteiger partial charge is 0.459 e. The van der Waals surface area contributed by atoms with E-state index in [2.05, 4.69) is 0 Å². The Labute approximate surface area is 167 Å². The van der Waals surface area contributed by atoms with Crippen LogP contribution in [0.15, 0.2) is 0 Å². The lowest BCUT2D eigenvalue weighted by Gasteiger charge is -2.65. The molecule has 2 heterocycles. The molecule has 2 unspecified atom stereocenters. The van der Waals surface area contributed by atoms with Crippen molar-refractivity contribution < 1.29 is 42.1 Å². The third-order valence-corrected chi connectivity index (χ3v) is 7.42. The molecule has 2 atom stereocenters. The quantitative estimate of drug-likeness (QED) is 0.655. The summed E-state index contributed by atoms with van der Waals surface area (Å²) in [5.41, 5.74) is -1.21. The van der Waals surface area contributed by atoms with E-state index in [4.69, 9.17) is 23.7 Å². The minimum Gasteiger partial charge on any atom is -0.459 e. The molecule has 0 aromatic heterocycles. The average molecular weight is 416 g/mol. The number of cyclic esters (lactones) is 2. The standard InChI is InChI=1S/C20H26F2O7/c1-17(21,22)7-25-15(23)19-4-12-2-13(5-19)20(14(3-12)6-19)28-10-18(11-29-20)8-26-16(24)27-9-18/h12-14H,2-11H2,1H3. The number of alkyl halides is 2. The molecule has 4 bridgehead atoms. The molecule has 6 aliphatic rings. The van der Waals surface area contributed by atoms with Gasteiger partial charge in [-0.3, -0.25) is 4.79 Å². The van der Waals surface area contributed by atoms with Crippen molar-refractivity contribution in [3.63, 3.8) is 0 Å². The largest absolute Gasteiger partial charge is 0.508 e. The fraction of sp³-hybridized carbons (Fsp3) is 0.900. The van der Waals surface area contributed by atoms with Crippen LogP contribution in [0.2, 0.25) is 0 Å². The van der Waals surface area contributed by atoms with E-state index in [1.807, 2.05) is 0 Å². The molecule has 2 aliphatic heterocycles. The van der Waals surface area contributed by atoms with Crippen molar-refractivity contribution in [2.45, 2.75) is 50.7 Å². The molecule has 4 aliphatic carbocycles. The maximum Gasteiger partial charge on any atom is 0.508 e. The highest BCUT2D eigenvalue weighted by atomic mass is 19.3. The van der Waals surface area contributed by atoms with Gasteiger partial charge in [0.2, 0.25) is 0 Å². The minimum atomic E-state index is -3.03. The first-order valence-corrected chi connectivity index (χ1v) is 10.3. The Kier molecular flexibility index (Phi) is 4.21. The number of carbonyl (C=O) groups excluding carboxylic acids is 2. The molecule has 0 aromatic rings. The second-order valence-electron chi connectivity index (χ2n) is 9.90. The van der Waals surface area contributed by atoms with Gasteiger partial charge in [-0.2, -0.15) is 0 Å². The Morgan fingerprint density at radius 3 is 2.21 bits per heavy atom. The summed E-state index contributed by atoms with van der Waals surface area (Å²) >= 11 is 0. The highest BCUT2D eigenvalue weighted by Gasteiger charge is 2.68. The summed E-state index contributed by atoms with van der Waals surface area (Å²) in [5.74, 6) is -3.90. The first kappa shape index (κ1) is 19.5. The summed E-state index contributed by atoms with van der Waals surface area (Å²) in [7, 11) is 0. The molecule has 29 heavy (non-hydrogen) atoms. The van der Waals surface area contributed by atoms with Gasteiger partial charge in [0, 0.05) is 18.8 Å². The first-order valence-electron chi connectivity index (χ1n) is 10.3. The average Bonchev–Trinajstić information content (AvgIpc) is 2.67. The molecule has 6 fully saturated rings. The van der Waals surface area contributed by atoms with Crippen LogP contribution in [-0.4, -0.2) is 56.9 Å². The van der Waals surface area contributed by atoms with E-state index < -0.39 is 41.3 Å². The Balaban J connectivity index is 1.30. The molecule has 2 spiro atoms. The van der Waals surface area contributed by atoms with Crippen LogP contribution in [-0.2, 0) is 28.5 Å². The van der Waals surface area contributed by atoms with Crippen molar-refractivity contribution in [3.05, 3.63) is 0 Å². The molecular weight excluding hydrogens is 390 g/mol. The lowest BCUT2D eigenvalue weighted by atomic mass is 9.47. The molecule has 0 amide bonds. The summed E-state index contributed by atoms with van der Waals surface area (Å²) < 4.78 is 54.1. The summed E-state index contributed by atoms with van der Waals surface area (Å²) in [6.45, 7) is 0.978. The van der Waals surface area contributed by atoms with Gasteiger partial charge in [-0.25, -0.2) is 13.6 Å². The number of carbonyl (C=O) groups is 2. The summed E-state index contributed by atoms with van der Waals surface area (Å²) in [5, 5.41) is 0. The topological polar surface area (TPSA) is 80.3 Å². The highest BCUT2D eigenvalue weighted by molar-refractivity contribution is 5.77. The Morgan fingerprint density at radius 2 is 1.66 bits per heavy atom. The van der Waals surface area contributed by atoms with Crippen LogP contribution < -0.4 is 0 Å². The van der Waals surface area contributed by atoms with Gasteiger partial charge in [-0.05, 0) is 38.0 Å². The molecule has 0 N–H and O–H groups in total. The third-order valence-electron chi connectivity index (χ3n) is 7.42. The second kappa shape index (κ2) is 6.26. The van der Waals surface area contributed by atoms with Crippen LogP contribution in [0.5, 0.6) is 0 Å². The van der Waals surface area contributed by atoms with Crippen molar-refractivity contribution >= 4 is 12.1 Å². The first-order chi connectivity index (χ1) is 13.6. The molecule has 162 valence electrons. The van der Waals surface area contributed by atoms with Gasteiger partial charge < -0.3 is 23.7 Å². The van der Waals surface area contributed by atoms with Crippen LogP contribution in [0.1, 0.15) is 39.0 Å². The van der Waals surface area contributed by atoms with Gasteiger partial charge in [-0.15, -0.1) is 0 Å². The fourth-order valence-corrected chi connectivity index (χ4v) is 6.28. The van der Waals surface area contributed by atoms with E-state index in [-0.39, 0.29) is 25.0 Å². The molecule has 9 heteroatoms. The molecule has 0 radical (unpaired) electrons. The number of halogens is 2. The second-order valence-corrected chi connectivity index (χ2v) is 9.90. The summed E-state index contributed by atoms with van der Waals surface area (Å²) in [4.78, 5) is 24.0. The zero-order valence-electron chi connectivity index (χ0n) is 16.4. The van der Waals surface area contributed by atoms with Crippen molar-refractivity contribution in [1.29, 1.82) is 0 Å². The molecule has 0 aromatic carbocycles. The molecule has 6 rings (SSSR count). The minimum absolute atomic E-state index is 0.0212. The lowest BCUT2D eigenvalue weighted by molar-refractivity contribution is -0.393. The molecule has 2 saturated heterocycles. The van der Waals surface area contributed by atoms with Crippen molar-refractivity contribution in [2.24, 2.45) is 28.6 Å². The van der Waals surface area contributed by atoms with Crippen LogP contribution in [0.3, 0.4) is 0 Å². The predicted molar refractivity (Wildman–Crippen MR) is 91.9 cm³/mol. The van der Waals surface area contributed by atoms with E-state index >= 15 is 0 Å². The lowest BCUT2D eigenvalue weighted by Crippen LogP contribution is -2.68. The number of hydrogen-bond donors (Lipinski definition) is 0. The SMILES string of the molecule is CC(F)(F)COC(=O)C12CC3CC(C1)C1(OCC4(COC(=O)OC4)CO1)C(C3)C2. The van der Waals surface area contributed by atoms with Crippen LogP contribution >= 0.6 is 0 Å². The van der Waals surface area contributed by atoms with Crippen molar-refractivity contribution in [1.82, 2.24) is 0 Å². The van der Waals surface area contributed by atoms with Gasteiger partial charge in [0.05, 0.1) is 24.0 Å². The van der Waals surface area contributed by atoms with Crippen molar-refractivity contribution in [3.8, 4) is 0 Å². The maximum absolute atomic E-state index is 13.2. The number of ether oxygens (including phenoxy) is 5. The van der Waals surface area contributed by atoms with Crippen LogP contribution in [0, 0.1) is 28.6 Å². The van der Waals surface area contributed by atoms with Gasteiger partial charge in [-0.1, -0.05) is 0 Å². The zero-order valence-corrected chi connectivity index (χ0v) is 16.4. The van der Waals surface area contributed by atoms with Gasteiger partial charge in [0.1, 0.15) is 13.2 Å². The monoisotopic (exact) mass is 416 g/mol. The maximum atomic E-state index is 13.2. The fourth-order valence-electron chi connectivity index (χ4n) is 6.28. The Bertz CT molecular complexity index is 680.